The average Bonchev–Trinajstić information content (AvgIpc) is 3.19. The zero-order chi connectivity index (χ0) is 22.5. The zero-order valence-corrected chi connectivity index (χ0v) is 18.0. The number of rotatable bonds is 6. The predicted octanol–water partition coefficient (Wildman–Crippen LogP) is 3.29. The number of hydrogen-bond acceptors (Lipinski definition) is 6. The molecule has 0 saturated heterocycles. The van der Waals surface area contributed by atoms with Gasteiger partial charge in [-0.1, -0.05) is 0 Å². The highest BCUT2D eigenvalue weighted by molar-refractivity contribution is 6.04. The minimum Gasteiger partial charge on any atom is -0.489 e. The van der Waals surface area contributed by atoms with Crippen molar-refractivity contribution in [2.24, 2.45) is 0 Å². The van der Waals surface area contributed by atoms with E-state index in [1.54, 1.807) is 18.7 Å². The maximum atomic E-state index is 15.5. The van der Waals surface area contributed by atoms with Crippen LogP contribution in [0, 0.1) is 5.82 Å². The van der Waals surface area contributed by atoms with Crippen molar-refractivity contribution in [2.45, 2.75) is 51.1 Å². The lowest BCUT2D eigenvalue weighted by Crippen LogP contribution is -2.42. The molecule has 2 aromatic heterocycles. The van der Waals surface area contributed by atoms with Crippen LogP contribution in [0.3, 0.4) is 0 Å². The van der Waals surface area contributed by atoms with Gasteiger partial charge in [0.15, 0.2) is 17.3 Å². The number of imidazole rings is 1. The van der Waals surface area contributed by atoms with Gasteiger partial charge in [-0.3, -0.25) is 9.59 Å². The van der Waals surface area contributed by atoms with Crippen molar-refractivity contribution in [1.29, 1.82) is 0 Å². The van der Waals surface area contributed by atoms with Gasteiger partial charge in [0.25, 0.3) is 0 Å². The highest BCUT2D eigenvalue weighted by Crippen LogP contribution is 2.49. The number of fused-ring (bicyclic) bond motifs is 1. The fourth-order valence-corrected chi connectivity index (χ4v) is 4.91. The van der Waals surface area contributed by atoms with Crippen molar-refractivity contribution in [3.63, 3.8) is 0 Å². The molecule has 3 heterocycles. The molecule has 1 fully saturated rings. The van der Waals surface area contributed by atoms with Crippen molar-refractivity contribution in [3.8, 4) is 5.75 Å². The van der Waals surface area contributed by atoms with Crippen molar-refractivity contribution in [3.05, 3.63) is 46.5 Å². The smallest absolute Gasteiger partial charge is 0.202 e. The van der Waals surface area contributed by atoms with E-state index < -0.39 is 11.2 Å². The van der Waals surface area contributed by atoms with Crippen LogP contribution in [0.5, 0.6) is 5.75 Å². The maximum absolute atomic E-state index is 15.5. The minimum absolute atomic E-state index is 0.0299. The van der Waals surface area contributed by atoms with Gasteiger partial charge in [-0.2, -0.15) is 0 Å². The largest absolute Gasteiger partial charge is 0.489 e. The molecule has 1 aliphatic carbocycles. The van der Waals surface area contributed by atoms with Crippen molar-refractivity contribution >= 4 is 28.1 Å². The number of nitrogens with one attached hydrogen (secondary N) is 1. The first kappa shape index (κ1) is 20.5. The molecule has 0 radical (unpaired) electrons. The number of pyridine rings is 1. The van der Waals surface area contributed by atoms with E-state index in [-0.39, 0.29) is 33.6 Å². The predicted molar refractivity (Wildman–Crippen MR) is 120 cm³/mol. The summed E-state index contributed by atoms with van der Waals surface area (Å²) in [5.41, 5.74) is 5.82. The van der Waals surface area contributed by atoms with Gasteiger partial charge >= 0.3 is 0 Å². The molecule has 0 atom stereocenters. The van der Waals surface area contributed by atoms with Crippen molar-refractivity contribution in [1.82, 2.24) is 14.1 Å². The number of Topliss-reactive ketones (excluding diaryl/α,β-unsaturated/α-hetero) is 1. The highest BCUT2D eigenvalue weighted by atomic mass is 19.1. The van der Waals surface area contributed by atoms with E-state index in [2.05, 4.69) is 10.3 Å². The van der Waals surface area contributed by atoms with Gasteiger partial charge in [-0.05, 0) is 32.6 Å². The molecule has 0 unspecified atom stereocenters. The Morgan fingerprint density at radius 3 is 2.84 bits per heavy atom. The van der Waals surface area contributed by atoms with Gasteiger partial charge in [-0.15, -0.1) is 0 Å². The van der Waals surface area contributed by atoms with E-state index in [4.69, 9.17) is 10.5 Å². The number of nitrogens with zero attached hydrogens (tertiary/aromatic N) is 3. The monoisotopic (exact) mass is 439 g/mol. The number of carbonyl (C=O) groups is 1. The molecule has 2 aliphatic rings. The summed E-state index contributed by atoms with van der Waals surface area (Å²) in [7, 11) is 0. The Hall–Kier alpha value is -3.36. The van der Waals surface area contributed by atoms with Crippen molar-refractivity contribution in [2.75, 3.05) is 24.2 Å². The summed E-state index contributed by atoms with van der Waals surface area (Å²) in [4.78, 5) is 29.4. The van der Waals surface area contributed by atoms with Gasteiger partial charge in [-0.25, -0.2) is 9.37 Å². The minimum atomic E-state index is -0.718. The molecule has 168 valence electrons. The lowest BCUT2D eigenvalue weighted by Gasteiger charge is -2.44. The van der Waals surface area contributed by atoms with Gasteiger partial charge in [0.2, 0.25) is 5.43 Å². The first-order valence-corrected chi connectivity index (χ1v) is 11.0. The second-order valence-electron chi connectivity index (χ2n) is 8.71. The molecule has 1 saturated carbocycles. The first-order chi connectivity index (χ1) is 15.4. The Labute approximate surface area is 184 Å². The fraction of sp³-hybridized carbons (Fsp3) is 0.435. The molecule has 0 amide bonds. The summed E-state index contributed by atoms with van der Waals surface area (Å²) in [6.07, 6.45) is 11.3. The van der Waals surface area contributed by atoms with E-state index in [0.29, 0.717) is 24.4 Å². The summed E-state index contributed by atoms with van der Waals surface area (Å²) < 4.78 is 25.4. The average molecular weight is 439 g/mol. The van der Waals surface area contributed by atoms with Gasteiger partial charge in [0.05, 0.1) is 35.1 Å². The number of ketones is 1. The number of carbonyl (C=O) groups excluding carboxylic acids is 1. The van der Waals surface area contributed by atoms with Crippen LogP contribution in [0.1, 0.15) is 49.4 Å². The molecule has 1 spiro atoms. The molecule has 8 nitrogen and oxygen atoms in total. The van der Waals surface area contributed by atoms with E-state index >= 15 is 4.39 Å². The number of halogens is 1. The molecule has 32 heavy (non-hydrogen) atoms. The molecule has 9 heteroatoms. The molecule has 5 rings (SSSR count). The Morgan fingerprint density at radius 2 is 2.19 bits per heavy atom. The number of anilines is 2. The van der Waals surface area contributed by atoms with Gasteiger partial charge in [0, 0.05) is 43.6 Å². The topological polar surface area (TPSA) is 104 Å². The lowest BCUT2D eigenvalue weighted by atomic mass is 9.74. The number of nitrogen functional groups attached to an aromatic ring is 1. The standard InChI is InChI=1S/C23H26FN5O3/c1-14(30)15-12-29-20-16(21(15)31)18(25)17(24)19(27-7-3-9-28-10-8-26-13-28)22(20)32-11-6-23(29)4-2-5-23/h8,10,12-13,27H,2-7,9,11,25H2,1H3. The second-order valence-corrected chi connectivity index (χ2v) is 8.71. The van der Waals surface area contributed by atoms with Crippen LogP contribution in [0.25, 0.3) is 10.9 Å². The molecule has 3 N–H and O–H groups in total. The van der Waals surface area contributed by atoms with Crippen LogP contribution in [0.4, 0.5) is 15.8 Å². The Bertz CT molecular complexity index is 1260. The molecule has 1 aromatic carbocycles. The quantitative estimate of drug-likeness (QED) is 0.347. The lowest BCUT2D eigenvalue weighted by molar-refractivity contribution is 0.100. The van der Waals surface area contributed by atoms with Gasteiger partial charge in [0.1, 0.15) is 5.69 Å². The van der Waals surface area contributed by atoms with E-state index in [9.17, 15) is 9.59 Å². The first-order valence-electron chi connectivity index (χ1n) is 11.0. The normalized spacial score (nSPS) is 16.4. The molecular formula is C23H26FN5O3. The Morgan fingerprint density at radius 1 is 1.38 bits per heavy atom. The summed E-state index contributed by atoms with van der Waals surface area (Å²) in [5, 5.41) is 3.17. The van der Waals surface area contributed by atoms with Crippen LogP contribution >= 0.6 is 0 Å². The van der Waals surface area contributed by atoms with Crippen LogP contribution in [0.2, 0.25) is 0 Å². The van der Waals surface area contributed by atoms with E-state index in [1.165, 1.54) is 6.92 Å². The Balaban J connectivity index is 1.65. The summed E-state index contributed by atoms with van der Waals surface area (Å²) in [5.74, 6) is -0.780. The molecule has 3 aromatic rings. The molecule has 1 aliphatic heterocycles. The SMILES string of the molecule is CC(=O)c1cn2c3c(c(NCCCn4ccnc4)c(F)c(N)c3c1=O)OCCC21CCC1. The third-order valence-corrected chi connectivity index (χ3v) is 6.82. The number of benzene rings is 1. The van der Waals surface area contributed by atoms with E-state index in [1.807, 2.05) is 15.3 Å². The summed E-state index contributed by atoms with van der Waals surface area (Å²) in [6, 6.07) is 0. The summed E-state index contributed by atoms with van der Waals surface area (Å²) in [6.45, 7) is 2.95. The van der Waals surface area contributed by atoms with Crippen LogP contribution in [-0.4, -0.2) is 33.1 Å². The van der Waals surface area contributed by atoms with Crippen LogP contribution in [0.15, 0.2) is 29.7 Å². The number of nitrogens with two attached hydrogens (primary N) is 1. The zero-order valence-electron chi connectivity index (χ0n) is 18.0. The molecular weight excluding hydrogens is 413 g/mol. The number of aryl methyl sites for hydroxylation is 1. The maximum Gasteiger partial charge on any atom is 0.202 e. The molecule has 0 bridgehead atoms. The number of aromatic nitrogens is 3. The van der Waals surface area contributed by atoms with E-state index in [0.717, 1.165) is 38.6 Å². The van der Waals surface area contributed by atoms with Crippen molar-refractivity contribution < 1.29 is 13.9 Å². The number of hydrogen-bond donors (Lipinski definition) is 2. The van der Waals surface area contributed by atoms with Crippen LogP contribution in [-0.2, 0) is 12.1 Å². The summed E-state index contributed by atoms with van der Waals surface area (Å²) >= 11 is 0. The van der Waals surface area contributed by atoms with Gasteiger partial charge < -0.3 is 24.9 Å². The third-order valence-electron chi connectivity index (χ3n) is 6.82. The number of ether oxygens (including phenoxy) is 1. The fourth-order valence-electron chi connectivity index (χ4n) is 4.91. The second kappa shape index (κ2) is 7.65. The Kier molecular flexibility index (Phi) is 4.91. The highest BCUT2D eigenvalue weighted by Gasteiger charge is 2.42. The van der Waals surface area contributed by atoms with Crippen LogP contribution < -0.4 is 21.2 Å². The third kappa shape index (κ3) is 3.06.